The maximum Gasteiger partial charge on any atom is 0.258 e. The smallest absolute Gasteiger partial charge is 0.258 e. The van der Waals surface area contributed by atoms with Crippen LogP contribution in [-0.4, -0.2) is 15.9 Å². The fourth-order valence-corrected chi connectivity index (χ4v) is 1.67. The quantitative estimate of drug-likeness (QED) is 0.927. The van der Waals surface area contributed by atoms with Gasteiger partial charge in [-0.3, -0.25) is 10.1 Å². The predicted octanol–water partition coefficient (Wildman–Crippen LogP) is 3.14. The third kappa shape index (κ3) is 3.01. The Balaban J connectivity index is 2.18. The molecule has 2 rings (SSSR count). The zero-order valence-electron chi connectivity index (χ0n) is 8.52. The minimum Gasteiger partial charge on any atom is -0.290 e. The first-order valence-corrected chi connectivity index (χ1v) is 5.87. The highest BCUT2D eigenvalue weighted by molar-refractivity contribution is 9.10. The zero-order chi connectivity index (χ0) is 12.3. The first kappa shape index (κ1) is 12.0. The molecule has 4 nitrogen and oxygen atoms in total. The lowest BCUT2D eigenvalue weighted by Crippen LogP contribution is -2.13. The predicted molar refractivity (Wildman–Crippen MR) is 69.1 cm³/mol. The fourth-order valence-electron chi connectivity index (χ4n) is 1.17. The van der Waals surface area contributed by atoms with Gasteiger partial charge in [-0.2, -0.15) is 0 Å². The van der Waals surface area contributed by atoms with E-state index in [4.69, 9.17) is 11.6 Å². The van der Waals surface area contributed by atoms with E-state index in [0.29, 0.717) is 15.1 Å². The molecule has 0 aliphatic rings. The van der Waals surface area contributed by atoms with Gasteiger partial charge in [-0.05, 0) is 40.2 Å². The second-order valence-electron chi connectivity index (χ2n) is 3.16. The van der Waals surface area contributed by atoms with Crippen molar-refractivity contribution < 1.29 is 4.79 Å². The van der Waals surface area contributed by atoms with Crippen molar-refractivity contribution in [3.8, 4) is 0 Å². The van der Waals surface area contributed by atoms with Gasteiger partial charge in [0.2, 0.25) is 5.95 Å². The van der Waals surface area contributed by atoms with Crippen LogP contribution in [0.25, 0.3) is 0 Å². The summed E-state index contributed by atoms with van der Waals surface area (Å²) in [6, 6.07) is 6.59. The first-order valence-electron chi connectivity index (χ1n) is 4.70. The van der Waals surface area contributed by atoms with Crippen molar-refractivity contribution in [2.75, 3.05) is 5.32 Å². The number of hydrogen-bond acceptors (Lipinski definition) is 3. The number of halogens is 2. The van der Waals surface area contributed by atoms with Crippen molar-refractivity contribution in [3.63, 3.8) is 0 Å². The second-order valence-corrected chi connectivity index (χ2v) is 4.42. The van der Waals surface area contributed by atoms with E-state index < -0.39 is 0 Å². The number of rotatable bonds is 2. The summed E-state index contributed by atoms with van der Waals surface area (Å²) in [5.41, 5.74) is 0.480. The van der Waals surface area contributed by atoms with Crippen LogP contribution < -0.4 is 5.32 Å². The van der Waals surface area contributed by atoms with Crippen LogP contribution in [0.2, 0.25) is 5.02 Å². The minimum absolute atomic E-state index is 0.267. The molecule has 86 valence electrons. The summed E-state index contributed by atoms with van der Waals surface area (Å²) in [5, 5.41) is 3.13. The van der Waals surface area contributed by atoms with E-state index in [1.807, 2.05) is 0 Å². The highest BCUT2D eigenvalue weighted by Crippen LogP contribution is 2.23. The molecule has 0 spiro atoms. The number of hydrogen-bond donors (Lipinski definition) is 1. The lowest BCUT2D eigenvalue weighted by Gasteiger charge is -2.04. The fraction of sp³-hybridized carbons (Fsp3) is 0. The summed E-state index contributed by atoms with van der Waals surface area (Å²) in [7, 11) is 0. The van der Waals surface area contributed by atoms with Gasteiger partial charge in [0.15, 0.2) is 0 Å². The van der Waals surface area contributed by atoms with E-state index in [1.165, 1.54) is 0 Å². The molecule has 0 radical (unpaired) electrons. The van der Waals surface area contributed by atoms with Crippen LogP contribution in [0.15, 0.2) is 41.1 Å². The molecule has 1 aromatic carbocycles. The number of carbonyl (C=O) groups excluding carboxylic acids is 1. The summed E-state index contributed by atoms with van der Waals surface area (Å²) in [6.45, 7) is 0. The van der Waals surface area contributed by atoms with E-state index in [-0.39, 0.29) is 11.9 Å². The highest BCUT2D eigenvalue weighted by Gasteiger charge is 2.08. The molecular formula is C11H7BrClN3O. The number of nitrogens with zero attached hydrogens (tertiary/aromatic N) is 2. The van der Waals surface area contributed by atoms with Gasteiger partial charge in [-0.15, -0.1) is 0 Å². The van der Waals surface area contributed by atoms with Crippen molar-refractivity contribution in [2.24, 2.45) is 0 Å². The number of amides is 1. The maximum absolute atomic E-state index is 11.8. The maximum atomic E-state index is 11.8. The third-order valence-corrected chi connectivity index (χ3v) is 3.19. The van der Waals surface area contributed by atoms with Gasteiger partial charge < -0.3 is 0 Å². The lowest BCUT2D eigenvalue weighted by molar-refractivity contribution is 0.102. The SMILES string of the molecule is O=C(Nc1ncccn1)c1ccc(Cl)c(Br)c1. The summed E-state index contributed by atoms with van der Waals surface area (Å²) in [4.78, 5) is 19.6. The van der Waals surface area contributed by atoms with Gasteiger partial charge in [0.05, 0.1) is 5.02 Å². The van der Waals surface area contributed by atoms with Crippen LogP contribution in [0.4, 0.5) is 5.95 Å². The van der Waals surface area contributed by atoms with Crippen molar-refractivity contribution in [1.82, 2.24) is 9.97 Å². The number of carbonyl (C=O) groups is 1. The molecule has 0 fully saturated rings. The Morgan fingerprint density at radius 2 is 2.00 bits per heavy atom. The van der Waals surface area contributed by atoms with Crippen LogP contribution in [0, 0.1) is 0 Å². The Labute approximate surface area is 111 Å². The van der Waals surface area contributed by atoms with Crippen LogP contribution in [0.1, 0.15) is 10.4 Å². The Morgan fingerprint density at radius 1 is 1.29 bits per heavy atom. The topological polar surface area (TPSA) is 54.9 Å². The zero-order valence-corrected chi connectivity index (χ0v) is 10.9. The molecule has 0 saturated carbocycles. The molecule has 17 heavy (non-hydrogen) atoms. The second kappa shape index (κ2) is 5.25. The molecule has 0 aliphatic heterocycles. The summed E-state index contributed by atoms with van der Waals surface area (Å²) >= 11 is 9.10. The average Bonchev–Trinajstić information content (AvgIpc) is 2.34. The van der Waals surface area contributed by atoms with Crippen molar-refractivity contribution in [2.45, 2.75) is 0 Å². The monoisotopic (exact) mass is 311 g/mol. The number of aromatic nitrogens is 2. The van der Waals surface area contributed by atoms with Crippen molar-refractivity contribution in [1.29, 1.82) is 0 Å². The third-order valence-electron chi connectivity index (χ3n) is 1.97. The van der Waals surface area contributed by atoms with E-state index in [2.05, 4.69) is 31.2 Å². The first-order chi connectivity index (χ1) is 8.16. The normalized spacial score (nSPS) is 10.0. The van der Waals surface area contributed by atoms with E-state index >= 15 is 0 Å². The summed E-state index contributed by atoms with van der Waals surface area (Å²) in [6.07, 6.45) is 3.11. The van der Waals surface area contributed by atoms with Crippen LogP contribution in [0.5, 0.6) is 0 Å². The van der Waals surface area contributed by atoms with Crippen LogP contribution in [-0.2, 0) is 0 Å². The molecule has 0 atom stereocenters. The van der Waals surface area contributed by atoms with Crippen LogP contribution >= 0.6 is 27.5 Å². The summed E-state index contributed by atoms with van der Waals surface area (Å²) < 4.78 is 0.667. The summed E-state index contributed by atoms with van der Waals surface area (Å²) in [5.74, 6) is -0.0165. The molecule has 1 N–H and O–H groups in total. The molecule has 1 amide bonds. The van der Waals surface area contributed by atoms with E-state index in [0.717, 1.165) is 0 Å². The van der Waals surface area contributed by atoms with Gasteiger partial charge in [0, 0.05) is 22.4 Å². The molecule has 0 unspecified atom stereocenters. The molecular weight excluding hydrogens is 305 g/mol. The largest absolute Gasteiger partial charge is 0.290 e. The molecule has 0 saturated heterocycles. The van der Waals surface area contributed by atoms with Gasteiger partial charge in [-0.25, -0.2) is 9.97 Å². The molecule has 1 aromatic heterocycles. The van der Waals surface area contributed by atoms with Gasteiger partial charge in [-0.1, -0.05) is 11.6 Å². The number of anilines is 1. The Bertz CT molecular complexity index is 548. The van der Waals surface area contributed by atoms with Crippen molar-refractivity contribution in [3.05, 3.63) is 51.7 Å². The van der Waals surface area contributed by atoms with Crippen LogP contribution in [0.3, 0.4) is 0 Å². The Hall–Kier alpha value is -1.46. The molecule has 0 aliphatic carbocycles. The average molecular weight is 313 g/mol. The van der Waals surface area contributed by atoms with Gasteiger partial charge >= 0.3 is 0 Å². The van der Waals surface area contributed by atoms with E-state index in [1.54, 1.807) is 36.7 Å². The molecule has 0 bridgehead atoms. The lowest BCUT2D eigenvalue weighted by atomic mass is 10.2. The molecule has 1 heterocycles. The Morgan fingerprint density at radius 3 is 2.65 bits per heavy atom. The molecule has 2 aromatic rings. The Kier molecular flexibility index (Phi) is 3.71. The van der Waals surface area contributed by atoms with E-state index in [9.17, 15) is 4.79 Å². The number of benzene rings is 1. The van der Waals surface area contributed by atoms with Crippen molar-refractivity contribution >= 4 is 39.4 Å². The number of nitrogens with one attached hydrogen (secondary N) is 1. The highest BCUT2D eigenvalue weighted by atomic mass is 79.9. The van der Waals surface area contributed by atoms with Gasteiger partial charge in [0.25, 0.3) is 5.91 Å². The molecule has 6 heteroatoms. The standard InChI is InChI=1S/C11H7BrClN3O/c12-8-6-7(2-3-9(8)13)10(17)16-11-14-4-1-5-15-11/h1-6H,(H,14,15,16,17). The minimum atomic E-state index is -0.284. The van der Waals surface area contributed by atoms with Gasteiger partial charge in [0.1, 0.15) is 0 Å².